The summed E-state index contributed by atoms with van der Waals surface area (Å²) in [6, 6.07) is 9.54. The number of fused-ring (bicyclic) bond motifs is 1. The molecule has 1 aromatic rings. The molecule has 104 valence electrons. The van der Waals surface area contributed by atoms with Crippen LogP contribution in [0.25, 0.3) is 0 Å². The monoisotopic (exact) mass is 272 g/mol. The van der Waals surface area contributed by atoms with E-state index in [0.29, 0.717) is 11.5 Å². The van der Waals surface area contributed by atoms with E-state index in [2.05, 4.69) is 6.07 Å². The summed E-state index contributed by atoms with van der Waals surface area (Å²) in [6.07, 6.45) is 1.77. The van der Waals surface area contributed by atoms with Gasteiger partial charge in [0.25, 0.3) is 5.91 Å². The summed E-state index contributed by atoms with van der Waals surface area (Å²) < 4.78 is 11.2. The first-order chi connectivity index (χ1) is 9.66. The molecule has 1 unspecified atom stereocenters. The summed E-state index contributed by atoms with van der Waals surface area (Å²) in [7, 11) is 1.68. The second-order valence-corrected chi connectivity index (χ2v) is 5.26. The Bertz CT molecular complexity index is 575. The van der Waals surface area contributed by atoms with Crippen LogP contribution in [0.1, 0.15) is 19.3 Å². The zero-order valence-corrected chi connectivity index (χ0v) is 11.3. The van der Waals surface area contributed by atoms with Gasteiger partial charge in [0.2, 0.25) is 6.10 Å². The lowest BCUT2D eigenvalue weighted by Crippen LogP contribution is -2.57. The Balaban J connectivity index is 1.75. The SMILES string of the molecule is CN(C(=O)C1COc2ccccc2O1)C1(C#N)CCC1. The van der Waals surface area contributed by atoms with E-state index in [9.17, 15) is 10.1 Å². The molecule has 1 fully saturated rings. The lowest BCUT2D eigenvalue weighted by atomic mass is 9.76. The zero-order valence-electron chi connectivity index (χ0n) is 11.3. The van der Waals surface area contributed by atoms with Crippen LogP contribution in [0.2, 0.25) is 0 Å². The second kappa shape index (κ2) is 4.71. The van der Waals surface area contributed by atoms with E-state index in [1.807, 2.05) is 18.2 Å². The molecule has 0 saturated heterocycles. The van der Waals surface area contributed by atoms with Crippen molar-refractivity contribution >= 4 is 5.91 Å². The zero-order chi connectivity index (χ0) is 14.2. The highest BCUT2D eigenvalue weighted by atomic mass is 16.6. The number of nitrogens with zero attached hydrogens (tertiary/aromatic N) is 2. The maximum absolute atomic E-state index is 12.5. The van der Waals surface area contributed by atoms with Crippen molar-refractivity contribution in [3.05, 3.63) is 24.3 Å². The predicted molar refractivity (Wildman–Crippen MR) is 71.3 cm³/mol. The standard InChI is InChI=1S/C15H16N2O3/c1-17(15(10-16)7-4-8-15)14(18)13-9-19-11-5-2-3-6-12(11)20-13/h2-3,5-6,13H,4,7-9H2,1H3. The van der Waals surface area contributed by atoms with Crippen LogP contribution in [0.15, 0.2) is 24.3 Å². The molecule has 0 aromatic heterocycles. The van der Waals surface area contributed by atoms with E-state index in [1.165, 1.54) is 4.90 Å². The molecule has 3 rings (SSSR count). The number of nitriles is 1. The highest BCUT2D eigenvalue weighted by Crippen LogP contribution is 2.37. The van der Waals surface area contributed by atoms with Gasteiger partial charge in [0.1, 0.15) is 12.1 Å². The van der Waals surface area contributed by atoms with Crippen LogP contribution in [0.3, 0.4) is 0 Å². The number of carbonyl (C=O) groups is 1. The number of benzene rings is 1. The summed E-state index contributed by atoms with van der Waals surface area (Å²) in [6.45, 7) is 0.182. The number of carbonyl (C=O) groups excluding carboxylic acids is 1. The Labute approximate surface area is 117 Å². The average molecular weight is 272 g/mol. The number of likely N-dealkylation sites (N-methyl/N-ethyl adjacent to an activating group) is 1. The van der Waals surface area contributed by atoms with Crippen molar-refractivity contribution in [3.8, 4) is 17.6 Å². The van der Waals surface area contributed by atoms with E-state index in [0.717, 1.165) is 19.3 Å². The number of rotatable bonds is 2. The van der Waals surface area contributed by atoms with Crippen LogP contribution < -0.4 is 9.47 Å². The minimum absolute atomic E-state index is 0.182. The molecule has 1 aromatic carbocycles. The lowest BCUT2D eigenvalue weighted by Gasteiger charge is -2.44. The Morgan fingerprint density at radius 2 is 2.10 bits per heavy atom. The first-order valence-corrected chi connectivity index (χ1v) is 6.74. The van der Waals surface area contributed by atoms with Crippen LogP contribution in [0.4, 0.5) is 0 Å². The quantitative estimate of drug-likeness (QED) is 0.822. The van der Waals surface area contributed by atoms with Crippen molar-refractivity contribution in [1.82, 2.24) is 4.90 Å². The molecular weight excluding hydrogens is 256 g/mol. The molecule has 1 heterocycles. The summed E-state index contributed by atoms with van der Waals surface area (Å²) in [5.74, 6) is 1.03. The van der Waals surface area contributed by atoms with Crippen molar-refractivity contribution in [2.24, 2.45) is 0 Å². The third-order valence-electron chi connectivity index (χ3n) is 4.15. The molecule has 1 aliphatic carbocycles. The van der Waals surface area contributed by atoms with Gasteiger partial charge in [-0.2, -0.15) is 5.26 Å². The molecule has 0 N–H and O–H groups in total. The molecule has 0 spiro atoms. The van der Waals surface area contributed by atoms with Crippen LogP contribution >= 0.6 is 0 Å². The van der Waals surface area contributed by atoms with Gasteiger partial charge < -0.3 is 14.4 Å². The van der Waals surface area contributed by atoms with Gasteiger partial charge in [-0.25, -0.2) is 0 Å². The normalized spacial score (nSPS) is 22.3. The Morgan fingerprint density at radius 3 is 2.70 bits per heavy atom. The van der Waals surface area contributed by atoms with Crippen molar-refractivity contribution in [1.29, 1.82) is 5.26 Å². The molecule has 20 heavy (non-hydrogen) atoms. The van der Waals surface area contributed by atoms with Crippen LogP contribution in [0.5, 0.6) is 11.5 Å². The second-order valence-electron chi connectivity index (χ2n) is 5.26. The van der Waals surface area contributed by atoms with Crippen molar-refractivity contribution in [3.63, 3.8) is 0 Å². The fraction of sp³-hybridized carbons (Fsp3) is 0.467. The first-order valence-electron chi connectivity index (χ1n) is 6.74. The number of ether oxygens (including phenoxy) is 2. The van der Waals surface area contributed by atoms with Gasteiger partial charge in [-0.05, 0) is 31.4 Å². The molecular formula is C15H16N2O3. The molecule has 1 atom stereocenters. The summed E-state index contributed by atoms with van der Waals surface area (Å²) >= 11 is 0. The van der Waals surface area contributed by atoms with Gasteiger partial charge in [0.15, 0.2) is 11.5 Å². The summed E-state index contributed by atoms with van der Waals surface area (Å²) in [5.41, 5.74) is -0.655. The predicted octanol–water partition coefficient (Wildman–Crippen LogP) is 1.73. The maximum Gasteiger partial charge on any atom is 0.268 e. The molecule has 0 radical (unpaired) electrons. The Hall–Kier alpha value is -2.22. The maximum atomic E-state index is 12.5. The number of para-hydroxylation sites is 2. The highest BCUT2D eigenvalue weighted by Gasteiger charge is 2.46. The molecule has 5 nitrogen and oxygen atoms in total. The van der Waals surface area contributed by atoms with Crippen LogP contribution in [-0.4, -0.2) is 36.1 Å². The fourth-order valence-corrected chi connectivity index (χ4v) is 2.60. The van der Waals surface area contributed by atoms with Crippen LogP contribution in [-0.2, 0) is 4.79 Å². The van der Waals surface area contributed by atoms with Crippen LogP contribution in [0, 0.1) is 11.3 Å². The third kappa shape index (κ3) is 1.88. The number of hydrogen-bond donors (Lipinski definition) is 0. The lowest BCUT2D eigenvalue weighted by molar-refractivity contribution is -0.146. The van der Waals surface area contributed by atoms with E-state index < -0.39 is 11.6 Å². The Kier molecular flexibility index (Phi) is 3.01. The van der Waals surface area contributed by atoms with Gasteiger partial charge in [0, 0.05) is 7.05 Å². The number of hydrogen-bond acceptors (Lipinski definition) is 4. The first kappa shape index (κ1) is 12.8. The van der Waals surface area contributed by atoms with Gasteiger partial charge in [-0.1, -0.05) is 12.1 Å². The summed E-state index contributed by atoms with van der Waals surface area (Å²) in [5, 5.41) is 9.30. The van der Waals surface area contributed by atoms with Gasteiger partial charge in [0.05, 0.1) is 6.07 Å². The molecule has 1 saturated carbocycles. The minimum Gasteiger partial charge on any atom is -0.485 e. The fourth-order valence-electron chi connectivity index (χ4n) is 2.60. The smallest absolute Gasteiger partial charge is 0.268 e. The molecule has 1 amide bonds. The van der Waals surface area contributed by atoms with Gasteiger partial charge >= 0.3 is 0 Å². The van der Waals surface area contributed by atoms with E-state index >= 15 is 0 Å². The largest absolute Gasteiger partial charge is 0.485 e. The van der Waals surface area contributed by atoms with Crippen molar-refractivity contribution in [2.45, 2.75) is 30.9 Å². The minimum atomic E-state index is -0.680. The van der Waals surface area contributed by atoms with E-state index in [4.69, 9.17) is 9.47 Å². The Morgan fingerprint density at radius 1 is 1.40 bits per heavy atom. The van der Waals surface area contributed by atoms with Crippen molar-refractivity contribution in [2.75, 3.05) is 13.7 Å². The van der Waals surface area contributed by atoms with E-state index in [1.54, 1.807) is 13.1 Å². The van der Waals surface area contributed by atoms with Gasteiger partial charge in [-0.3, -0.25) is 4.79 Å². The van der Waals surface area contributed by atoms with Crippen molar-refractivity contribution < 1.29 is 14.3 Å². The summed E-state index contributed by atoms with van der Waals surface area (Å²) in [4.78, 5) is 14.0. The molecule has 5 heteroatoms. The number of amides is 1. The topological polar surface area (TPSA) is 62.6 Å². The average Bonchev–Trinajstić information content (AvgIpc) is 2.45. The molecule has 0 bridgehead atoms. The molecule has 1 aliphatic heterocycles. The highest BCUT2D eigenvalue weighted by molar-refractivity contribution is 5.83. The third-order valence-corrected chi connectivity index (χ3v) is 4.15. The van der Waals surface area contributed by atoms with Gasteiger partial charge in [-0.15, -0.1) is 0 Å². The molecule has 2 aliphatic rings. The van der Waals surface area contributed by atoms with E-state index in [-0.39, 0.29) is 12.5 Å².